The standard InChI is InChI=1S/C14H18N2/c1-9-4-5-12-10(6-9)11-7-15-8-14(2,3)13(11)16-12/h4-6,15-16H,7-8H2,1-3H3. The van der Waals surface area contributed by atoms with Gasteiger partial charge < -0.3 is 10.3 Å². The number of nitrogens with one attached hydrogen (secondary N) is 2. The lowest BCUT2D eigenvalue weighted by Crippen LogP contribution is -2.38. The third-order valence-electron chi connectivity index (χ3n) is 3.61. The first-order valence-electron chi connectivity index (χ1n) is 5.90. The third-order valence-corrected chi connectivity index (χ3v) is 3.61. The van der Waals surface area contributed by atoms with E-state index in [1.54, 1.807) is 0 Å². The summed E-state index contributed by atoms with van der Waals surface area (Å²) in [6, 6.07) is 6.65. The second-order valence-corrected chi connectivity index (χ2v) is 5.52. The fraction of sp³-hybridized carbons (Fsp3) is 0.429. The highest BCUT2D eigenvalue weighted by molar-refractivity contribution is 5.86. The van der Waals surface area contributed by atoms with Gasteiger partial charge in [-0.05, 0) is 24.6 Å². The Balaban J connectivity index is 2.33. The van der Waals surface area contributed by atoms with Gasteiger partial charge in [0.2, 0.25) is 0 Å². The smallest absolute Gasteiger partial charge is 0.0459 e. The normalized spacial score (nSPS) is 18.7. The van der Waals surface area contributed by atoms with Gasteiger partial charge in [0.05, 0.1) is 0 Å². The predicted octanol–water partition coefficient (Wildman–Crippen LogP) is 2.86. The van der Waals surface area contributed by atoms with Gasteiger partial charge >= 0.3 is 0 Å². The van der Waals surface area contributed by atoms with E-state index in [1.807, 2.05) is 0 Å². The number of H-pyrrole nitrogens is 1. The maximum Gasteiger partial charge on any atom is 0.0459 e. The molecular formula is C14H18N2. The first-order valence-corrected chi connectivity index (χ1v) is 5.90. The van der Waals surface area contributed by atoms with Crippen LogP contribution in [0.1, 0.15) is 30.7 Å². The van der Waals surface area contributed by atoms with Crippen molar-refractivity contribution in [3.8, 4) is 0 Å². The minimum Gasteiger partial charge on any atom is -0.358 e. The molecule has 2 N–H and O–H groups in total. The van der Waals surface area contributed by atoms with Crippen LogP contribution in [0.2, 0.25) is 0 Å². The van der Waals surface area contributed by atoms with Crippen LogP contribution in [0, 0.1) is 6.92 Å². The lowest BCUT2D eigenvalue weighted by molar-refractivity contribution is 0.427. The minimum atomic E-state index is 0.209. The van der Waals surface area contributed by atoms with Crippen molar-refractivity contribution < 1.29 is 0 Å². The van der Waals surface area contributed by atoms with E-state index in [1.165, 1.54) is 27.7 Å². The van der Waals surface area contributed by atoms with Gasteiger partial charge in [-0.3, -0.25) is 0 Å². The van der Waals surface area contributed by atoms with E-state index in [9.17, 15) is 0 Å². The van der Waals surface area contributed by atoms with E-state index >= 15 is 0 Å². The molecule has 16 heavy (non-hydrogen) atoms. The van der Waals surface area contributed by atoms with Crippen LogP contribution in [0.3, 0.4) is 0 Å². The molecule has 0 radical (unpaired) electrons. The molecule has 0 saturated heterocycles. The Morgan fingerprint density at radius 3 is 2.88 bits per heavy atom. The van der Waals surface area contributed by atoms with Crippen molar-refractivity contribution in [1.82, 2.24) is 10.3 Å². The lowest BCUT2D eigenvalue weighted by atomic mass is 9.84. The van der Waals surface area contributed by atoms with E-state index in [0.717, 1.165) is 13.1 Å². The molecule has 0 spiro atoms. The molecular weight excluding hydrogens is 196 g/mol. The summed E-state index contributed by atoms with van der Waals surface area (Å²) in [5, 5.41) is 4.89. The molecule has 0 aliphatic carbocycles. The van der Waals surface area contributed by atoms with Gasteiger partial charge in [-0.25, -0.2) is 0 Å². The molecule has 3 rings (SSSR count). The van der Waals surface area contributed by atoms with Gasteiger partial charge in [-0.15, -0.1) is 0 Å². The Morgan fingerprint density at radius 2 is 2.06 bits per heavy atom. The largest absolute Gasteiger partial charge is 0.358 e. The van der Waals surface area contributed by atoms with Crippen molar-refractivity contribution in [2.45, 2.75) is 32.7 Å². The topological polar surface area (TPSA) is 27.8 Å². The Morgan fingerprint density at radius 1 is 1.25 bits per heavy atom. The molecule has 2 nitrogen and oxygen atoms in total. The Kier molecular flexibility index (Phi) is 1.93. The van der Waals surface area contributed by atoms with Crippen LogP contribution < -0.4 is 5.32 Å². The van der Waals surface area contributed by atoms with Gasteiger partial charge in [0.15, 0.2) is 0 Å². The number of fused-ring (bicyclic) bond motifs is 3. The van der Waals surface area contributed by atoms with Crippen LogP contribution in [-0.4, -0.2) is 11.5 Å². The Bertz CT molecular complexity index is 549. The van der Waals surface area contributed by atoms with Crippen LogP contribution in [0.25, 0.3) is 10.9 Å². The summed E-state index contributed by atoms with van der Waals surface area (Å²) in [6.45, 7) is 8.77. The molecule has 1 aliphatic heterocycles. The molecule has 0 bridgehead atoms. The minimum absolute atomic E-state index is 0.209. The molecule has 0 saturated carbocycles. The highest BCUT2D eigenvalue weighted by atomic mass is 14.9. The SMILES string of the molecule is Cc1ccc2[nH]c3c(c2c1)CNCC3(C)C. The van der Waals surface area contributed by atoms with Crippen molar-refractivity contribution in [1.29, 1.82) is 0 Å². The highest BCUT2D eigenvalue weighted by Crippen LogP contribution is 2.34. The zero-order chi connectivity index (χ0) is 11.3. The second-order valence-electron chi connectivity index (χ2n) is 5.52. The van der Waals surface area contributed by atoms with E-state index in [4.69, 9.17) is 0 Å². The van der Waals surface area contributed by atoms with E-state index < -0.39 is 0 Å². The summed E-state index contributed by atoms with van der Waals surface area (Å²) < 4.78 is 0. The molecule has 1 aliphatic rings. The molecule has 1 aromatic heterocycles. The van der Waals surface area contributed by atoms with Crippen molar-refractivity contribution in [2.24, 2.45) is 0 Å². The van der Waals surface area contributed by atoms with Crippen molar-refractivity contribution >= 4 is 10.9 Å². The van der Waals surface area contributed by atoms with Gasteiger partial charge in [-0.1, -0.05) is 25.5 Å². The number of benzene rings is 1. The Labute approximate surface area is 96.1 Å². The van der Waals surface area contributed by atoms with Crippen molar-refractivity contribution in [3.63, 3.8) is 0 Å². The van der Waals surface area contributed by atoms with Crippen LogP contribution >= 0.6 is 0 Å². The summed E-state index contributed by atoms with van der Waals surface area (Å²) in [5.74, 6) is 0. The van der Waals surface area contributed by atoms with Crippen LogP contribution in [0.5, 0.6) is 0 Å². The maximum absolute atomic E-state index is 3.59. The van der Waals surface area contributed by atoms with Crippen LogP contribution in [0.4, 0.5) is 0 Å². The quantitative estimate of drug-likeness (QED) is 0.693. The summed E-state index contributed by atoms with van der Waals surface area (Å²) in [6.07, 6.45) is 0. The molecule has 2 aromatic rings. The van der Waals surface area contributed by atoms with Crippen LogP contribution in [0.15, 0.2) is 18.2 Å². The lowest BCUT2D eigenvalue weighted by Gasteiger charge is -2.30. The monoisotopic (exact) mass is 214 g/mol. The molecule has 1 aromatic carbocycles. The fourth-order valence-electron chi connectivity index (χ4n) is 2.71. The molecule has 0 atom stereocenters. The molecule has 0 fully saturated rings. The van der Waals surface area contributed by atoms with Crippen LogP contribution in [-0.2, 0) is 12.0 Å². The number of aromatic amines is 1. The maximum atomic E-state index is 3.59. The van der Waals surface area contributed by atoms with Gasteiger partial charge in [0.1, 0.15) is 0 Å². The second kappa shape index (κ2) is 3.11. The molecule has 2 heterocycles. The summed E-state index contributed by atoms with van der Waals surface area (Å²) >= 11 is 0. The number of hydrogen-bond donors (Lipinski definition) is 2. The summed E-state index contributed by atoms with van der Waals surface area (Å²) in [5.41, 5.74) is 5.67. The van der Waals surface area contributed by atoms with E-state index in [0.29, 0.717) is 0 Å². The average molecular weight is 214 g/mol. The van der Waals surface area contributed by atoms with Crippen molar-refractivity contribution in [2.75, 3.05) is 6.54 Å². The number of hydrogen-bond acceptors (Lipinski definition) is 1. The van der Waals surface area contributed by atoms with Crippen molar-refractivity contribution in [3.05, 3.63) is 35.0 Å². The number of aryl methyl sites for hydroxylation is 1. The summed E-state index contributed by atoms with van der Waals surface area (Å²) in [4.78, 5) is 3.59. The number of rotatable bonds is 0. The van der Waals surface area contributed by atoms with Gasteiger partial charge in [0.25, 0.3) is 0 Å². The molecule has 0 amide bonds. The van der Waals surface area contributed by atoms with E-state index in [2.05, 4.69) is 49.3 Å². The first-order chi connectivity index (χ1) is 7.58. The Hall–Kier alpha value is -1.28. The predicted molar refractivity (Wildman–Crippen MR) is 67.8 cm³/mol. The fourth-order valence-corrected chi connectivity index (χ4v) is 2.71. The molecule has 2 heteroatoms. The molecule has 84 valence electrons. The highest BCUT2D eigenvalue weighted by Gasteiger charge is 2.30. The first kappa shape index (κ1) is 9.91. The molecule has 0 unspecified atom stereocenters. The van der Waals surface area contributed by atoms with Gasteiger partial charge in [-0.2, -0.15) is 0 Å². The zero-order valence-electron chi connectivity index (χ0n) is 10.1. The summed E-state index contributed by atoms with van der Waals surface area (Å²) in [7, 11) is 0. The van der Waals surface area contributed by atoms with E-state index in [-0.39, 0.29) is 5.41 Å². The number of aromatic nitrogens is 1. The average Bonchev–Trinajstić information content (AvgIpc) is 2.58. The third kappa shape index (κ3) is 1.30. The van der Waals surface area contributed by atoms with Gasteiger partial charge in [0, 0.05) is 35.1 Å². The zero-order valence-corrected chi connectivity index (χ0v) is 10.1.